The number of hydrogen-bond acceptors (Lipinski definition) is 25. The number of rotatable bonds is 64. The molecule has 3 unspecified atom stereocenters. The number of nitrogens with one attached hydrogen (secondary N) is 13. The Kier molecular flexibility index (Phi) is 51.3. The van der Waals surface area contributed by atoms with Gasteiger partial charge in [-0.3, -0.25) is 86.1 Å². The van der Waals surface area contributed by atoms with E-state index in [0.717, 1.165) is 29.3 Å². The van der Waals surface area contributed by atoms with Crippen LogP contribution in [0, 0.1) is 18.8 Å². The highest BCUT2D eigenvalue weighted by molar-refractivity contribution is 8.00. The van der Waals surface area contributed by atoms with E-state index in [1.807, 2.05) is 38.1 Å². The molecule has 19 N–H and O–H groups in total. The number of hydrogen-bond donors (Lipinski definition) is 17. The number of benzene rings is 2. The summed E-state index contributed by atoms with van der Waals surface area (Å²) in [6.45, 7) is 8.11. The van der Waals surface area contributed by atoms with Crippen LogP contribution in [0.3, 0.4) is 0 Å². The lowest BCUT2D eigenvalue weighted by atomic mass is 9.80. The van der Waals surface area contributed by atoms with Gasteiger partial charge in [-0.25, -0.2) is 4.79 Å². The van der Waals surface area contributed by atoms with Gasteiger partial charge in [0.05, 0.1) is 70.6 Å². The maximum atomic E-state index is 14.4. The summed E-state index contributed by atoms with van der Waals surface area (Å²) in [7, 11) is -3.32. The van der Waals surface area contributed by atoms with Gasteiger partial charge in [0.25, 0.3) is 0 Å². The van der Waals surface area contributed by atoms with E-state index < -0.39 is 96.4 Å². The number of ether oxygens (including phenoxy) is 4. The van der Waals surface area contributed by atoms with E-state index in [1.54, 1.807) is 54.9 Å². The monoisotopic (exact) mass is 1870 g/mol. The first-order valence-corrected chi connectivity index (χ1v) is 47.6. The zero-order valence-corrected chi connectivity index (χ0v) is 77.3. The average molecular weight is 1880 g/mol. The van der Waals surface area contributed by atoms with Crippen LogP contribution < -0.4 is 80.6 Å². The maximum Gasteiger partial charge on any atom is 0.323 e. The Hall–Kier alpha value is -10.4. The van der Waals surface area contributed by atoms with Crippen molar-refractivity contribution < 1.29 is 110 Å². The lowest BCUT2D eigenvalue weighted by molar-refractivity contribution is -0.140. The first-order chi connectivity index (χ1) is 62.9. The van der Waals surface area contributed by atoms with E-state index >= 15 is 0 Å². The fourth-order valence-electron chi connectivity index (χ4n) is 14.7. The molecule has 2 heterocycles. The van der Waals surface area contributed by atoms with E-state index in [0.29, 0.717) is 120 Å². The minimum Gasteiger partial charge on any atom is -0.377 e. The number of imide groups is 1. The summed E-state index contributed by atoms with van der Waals surface area (Å²) in [6.07, 6.45) is 15.0. The highest BCUT2D eigenvalue weighted by atomic mass is 32.2. The van der Waals surface area contributed by atoms with E-state index in [1.165, 1.54) is 17.9 Å². The summed E-state index contributed by atoms with van der Waals surface area (Å²) in [5.74, 6) is -7.93. The molecule has 16 amide bonds. The lowest BCUT2D eigenvalue weighted by Crippen LogP contribution is -2.63. The van der Waals surface area contributed by atoms with Crippen molar-refractivity contribution in [1.82, 2.24) is 68.4 Å². The van der Waals surface area contributed by atoms with E-state index in [9.17, 15) is 81.6 Å². The number of aliphatic hydroxyl groups is 1. The summed E-state index contributed by atoms with van der Waals surface area (Å²) in [5, 5.41) is 45.6. The van der Waals surface area contributed by atoms with Gasteiger partial charge in [0, 0.05) is 132 Å². The molecule has 3 aromatic rings. The fourth-order valence-corrected chi connectivity index (χ4v) is 16.3. The van der Waals surface area contributed by atoms with Crippen LogP contribution >= 0.6 is 20.0 Å². The number of likely N-dealkylation sites (tertiary alicyclic amines) is 1. The molecule has 2 aromatic carbocycles. The number of pyridine rings is 1. The number of thioether (sulfide) groups is 1. The number of nitrogens with two attached hydrogens (primary N) is 2. The van der Waals surface area contributed by atoms with Crippen LogP contribution in [0.1, 0.15) is 191 Å². The van der Waals surface area contributed by atoms with Crippen molar-refractivity contribution in [3.63, 3.8) is 0 Å². The number of aryl methyl sites for hydroxylation is 1. The summed E-state index contributed by atoms with van der Waals surface area (Å²) in [5.41, 5.74) is 13.8. The third-order valence-electron chi connectivity index (χ3n) is 22.1. The first kappa shape index (κ1) is 109. The van der Waals surface area contributed by atoms with Gasteiger partial charge in [-0.1, -0.05) is 75.4 Å². The largest absolute Gasteiger partial charge is 0.377 e. The molecule has 42 heteroatoms. The predicted molar refractivity (Wildman–Crippen MR) is 489 cm³/mol. The summed E-state index contributed by atoms with van der Waals surface area (Å²) >= 11 is 1.13. The van der Waals surface area contributed by atoms with Crippen molar-refractivity contribution in [3.8, 4) is 0 Å². The van der Waals surface area contributed by atoms with Gasteiger partial charge in [-0.05, 0) is 157 Å². The third kappa shape index (κ3) is 44.6. The van der Waals surface area contributed by atoms with Crippen molar-refractivity contribution in [2.45, 2.75) is 228 Å². The van der Waals surface area contributed by atoms with Crippen molar-refractivity contribution >= 4 is 126 Å². The molecule has 40 nitrogen and oxygen atoms in total. The second kappa shape index (κ2) is 61.4. The molecule has 2 aliphatic carbocycles. The molecule has 0 spiro atoms. The number of primary amides is 1. The van der Waals surface area contributed by atoms with Crippen molar-refractivity contribution in [1.29, 1.82) is 0 Å². The SMILES string of the molecule is CCCC[C@H](NC(=O)[C@H](CCCCNC(=O)/C=C/c1cccnc1)NC(=O)Cc1ccc(NC(=O)Nc2ccccc2C)cc1)C(=O)NC1(C(=O)NCCOCCOCCNC(=O)CCC(=O)NCCOCCOCCNC(=O)CCC(=O)N[C@@H](CCCCNC(=O)[C@H](N)CSC2CC(=O)N(CC3CCC(C(=O)NCCCC(C)(O)O[PH](=O)O)CC3)C2=O)C(N)=O)CCCCC1. The van der Waals surface area contributed by atoms with Crippen LogP contribution in [-0.2, 0) is 102 Å². The Balaban J connectivity index is 0.749. The Labute approximate surface area is 770 Å². The Bertz CT molecular complexity index is 4200. The number of anilines is 2. The minimum atomic E-state index is -3.32. The number of aromatic nitrogens is 1. The van der Waals surface area contributed by atoms with Gasteiger partial charge in [0.2, 0.25) is 82.7 Å². The van der Waals surface area contributed by atoms with E-state index in [2.05, 4.69) is 78.6 Å². The number of para-hydroxylation sites is 1. The minimum absolute atomic E-state index is 0.0217. The summed E-state index contributed by atoms with van der Waals surface area (Å²) in [4.78, 5) is 210. The molecule has 2 saturated carbocycles. The zero-order chi connectivity index (χ0) is 95.2. The summed E-state index contributed by atoms with van der Waals surface area (Å²) < 4.78 is 37.8. The highest BCUT2D eigenvalue weighted by Gasteiger charge is 2.44. The van der Waals surface area contributed by atoms with Crippen molar-refractivity contribution in [3.05, 3.63) is 95.8 Å². The molecule has 1 aliphatic heterocycles. The number of amides is 16. The van der Waals surface area contributed by atoms with Crippen LogP contribution in [0.2, 0.25) is 0 Å². The Morgan fingerprint density at radius 1 is 0.618 bits per heavy atom. The van der Waals surface area contributed by atoms with E-state index in [-0.39, 0.29) is 222 Å². The molecular formula is C89H136N17O23PS. The average Bonchev–Trinajstić information content (AvgIpc) is 1.56. The third-order valence-corrected chi connectivity index (χ3v) is 24.0. The lowest BCUT2D eigenvalue weighted by Gasteiger charge is -2.38. The number of nitrogens with zero attached hydrogens (tertiary/aromatic N) is 2. The van der Waals surface area contributed by atoms with Crippen LogP contribution in [0.5, 0.6) is 0 Å². The number of carbonyl (C=O) groups excluding carboxylic acids is 15. The van der Waals surface area contributed by atoms with Gasteiger partial charge < -0.3 is 110 Å². The molecule has 0 bridgehead atoms. The molecule has 1 saturated heterocycles. The molecule has 131 heavy (non-hydrogen) atoms. The second-order valence-electron chi connectivity index (χ2n) is 32.8. The zero-order valence-electron chi connectivity index (χ0n) is 75.5. The van der Waals surface area contributed by atoms with Gasteiger partial charge in [-0.2, -0.15) is 0 Å². The molecule has 726 valence electrons. The molecule has 3 fully saturated rings. The van der Waals surface area contributed by atoms with E-state index in [4.69, 9.17) is 35.3 Å². The molecule has 7 atom stereocenters. The number of urea groups is 1. The normalized spacial score (nSPS) is 16.9. The van der Waals surface area contributed by atoms with Gasteiger partial charge in [0.15, 0.2) is 5.79 Å². The van der Waals surface area contributed by atoms with Crippen LogP contribution in [0.15, 0.2) is 79.1 Å². The van der Waals surface area contributed by atoms with Crippen LogP contribution in [0.25, 0.3) is 6.08 Å². The van der Waals surface area contributed by atoms with Crippen molar-refractivity contribution in [2.24, 2.45) is 23.3 Å². The predicted octanol–water partition coefficient (Wildman–Crippen LogP) is 2.90. The van der Waals surface area contributed by atoms with Crippen LogP contribution in [-0.4, -0.2) is 260 Å². The quantitative estimate of drug-likeness (QED) is 0.0127. The molecule has 3 aliphatic rings. The summed E-state index contributed by atoms with van der Waals surface area (Å²) in [6, 6.07) is 13.1. The fraction of sp³-hybridized carbons (Fsp3) is 0.618. The Morgan fingerprint density at radius 2 is 1.18 bits per heavy atom. The number of carbonyl (C=O) groups is 15. The second-order valence-corrected chi connectivity index (χ2v) is 34.8. The topological polar surface area (TPSA) is 584 Å². The van der Waals surface area contributed by atoms with Gasteiger partial charge in [-0.15, -0.1) is 11.8 Å². The smallest absolute Gasteiger partial charge is 0.323 e. The Morgan fingerprint density at radius 3 is 1.77 bits per heavy atom. The standard InChI is InChI=1S/C89H136N17O23PS/c1-4-5-19-71(103-83(117)70(22-10-13-41-93-73(107)32-27-63-18-15-40-92-58-63)102-78(112)56-62-25-30-66(31-26-62)100-87(121)104-68-20-8-7-17-61(68)2)84(118)105-89(38-11-6-12-39-89)86(120)99-47-51-128-55-54-127-49-45-95-75(109)34-33-74(108)94-44-48-125-52-53-126-50-46-96-76(110)35-36-77(111)101-69(80(91)114)21-9-14-42-98-82(116)67(90)60-131-72-57-79(113)106(85(72)119)59-64-23-28-65(29-24-64)81(115)97-43-16-37-88(3,122)129-130(123)124/h7-8,15,17-18,20,25-27,30-32,40,58,64-65,67,69-72,122,130H,4-6,9-14,16,19,21-24,28-29,33-39,41-57,59-60,90H2,1-3H3,(H2,91,114)(H,93,107)(H,94,108)(H,95,109)(H,96,110)(H,97,115)(H,98,116)(H,99,120)(H,101,111)(H,102,112)(H,103,117)(H,105,118)(H,123,124)(H2,100,104,121)/b32-27+/t64?,65?,67-,69+,70+,71+,72?,88?/m1/s1. The molecular weight excluding hydrogens is 1740 g/mol. The van der Waals surface area contributed by atoms with Crippen LogP contribution in [0.4, 0.5) is 16.2 Å². The van der Waals surface area contributed by atoms with Gasteiger partial charge >= 0.3 is 14.3 Å². The molecule has 6 rings (SSSR count). The van der Waals surface area contributed by atoms with Crippen molar-refractivity contribution in [2.75, 3.05) is 122 Å². The molecule has 1 aromatic heterocycles. The first-order valence-electron chi connectivity index (χ1n) is 45.3. The molecule has 0 radical (unpaired) electrons. The maximum absolute atomic E-state index is 14.4. The van der Waals surface area contributed by atoms with Gasteiger partial charge in [0.1, 0.15) is 23.7 Å². The highest BCUT2D eigenvalue weighted by Crippen LogP contribution is 2.34. The number of unbranched alkanes of at least 4 members (excludes halogenated alkanes) is 3.